The smallest absolute Gasteiger partial charge is 0.229 e. The molecule has 1 heterocycles. The van der Waals surface area contributed by atoms with Gasteiger partial charge in [0.25, 0.3) is 0 Å². The van der Waals surface area contributed by atoms with Crippen LogP contribution in [-0.4, -0.2) is 18.4 Å². The highest BCUT2D eigenvalue weighted by Crippen LogP contribution is 2.29. The molecular formula is C21H23ClN2O2. The molecule has 0 unspecified atom stereocenters. The summed E-state index contributed by atoms with van der Waals surface area (Å²) >= 11 is 5.95. The van der Waals surface area contributed by atoms with Gasteiger partial charge in [-0.15, -0.1) is 0 Å². The molecule has 1 atom stereocenters. The molecule has 0 radical (unpaired) electrons. The van der Waals surface area contributed by atoms with Gasteiger partial charge < -0.3 is 10.2 Å². The van der Waals surface area contributed by atoms with Gasteiger partial charge in [0.05, 0.1) is 5.92 Å². The van der Waals surface area contributed by atoms with E-state index in [4.69, 9.17) is 11.6 Å². The van der Waals surface area contributed by atoms with Crippen molar-refractivity contribution in [2.24, 2.45) is 5.92 Å². The Labute approximate surface area is 159 Å². The summed E-state index contributed by atoms with van der Waals surface area (Å²) in [4.78, 5) is 26.6. The Morgan fingerprint density at radius 2 is 1.85 bits per heavy atom. The Hall–Kier alpha value is -2.33. The quantitative estimate of drug-likeness (QED) is 0.856. The molecule has 0 bridgehead atoms. The van der Waals surface area contributed by atoms with E-state index in [-0.39, 0.29) is 29.6 Å². The zero-order valence-corrected chi connectivity index (χ0v) is 16.0. The number of carbonyl (C=O) groups is 2. The van der Waals surface area contributed by atoms with E-state index >= 15 is 0 Å². The molecule has 3 rings (SSSR count). The minimum Gasteiger partial charge on any atom is -0.326 e. The van der Waals surface area contributed by atoms with Gasteiger partial charge in [0, 0.05) is 29.4 Å². The number of amides is 2. The van der Waals surface area contributed by atoms with E-state index in [9.17, 15) is 9.59 Å². The molecule has 1 fully saturated rings. The average Bonchev–Trinajstić information content (AvgIpc) is 2.96. The summed E-state index contributed by atoms with van der Waals surface area (Å²) < 4.78 is 0. The van der Waals surface area contributed by atoms with E-state index in [1.165, 1.54) is 5.56 Å². The zero-order valence-electron chi connectivity index (χ0n) is 15.3. The van der Waals surface area contributed by atoms with Crippen molar-refractivity contribution in [2.75, 3.05) is 16.8 Å². The lowest BCUT2D eigenvalue weighted by atomic mass is 9.87. The average molecular weight is 371 g/mol. The molecule has 5 heteroatoms. The predicted molar refractivity (Wildman–Crippen MR) is 106 cm³/mol. The summed E-state index contributed by atoms with van der Waals surface area (Å²) in [5, 5.41) is 3.40. The summed E-state index contributed by atoms with van der Waals surface area (Å²) in [6.07, 6.45) is 0.216. The summed E-state index contributed by atoms with van der Waals surface area (Å²) in [6.45, 7) is 6.84. The lowest BCUT2D eigenvalue weighted by molar-refractivity contribution is -0.122. The normalized spacial score (nSPS) is 17.5. The van der Waals surface area contributed by atoms with Gasteiger partial charge in [-0.1, -0.05) is 50.6 Å². The van der Waals surface area contributed by atoms with E-state index in [0.29, 0.717) is 17.3 Å². The van der Waals surface area contributed by atoms with E-state index in [1.807, 2.05) is 24.3 Å². The van der Waals surface area contributed by atoms with Gasteiger partial charge in [-0.3, -0.25) is 9.59 Å². The van der Waals surface area contributed by atoms with Crippen LogP contribution in [0.15, 0.2) is 48.5 Å². The number of hydrogen-bond donors (Lipinski definition) is 1. The van der Waals surface area contributed by atoms with Crippen molar-refractivity contribution in [1.29, 1.82) is 0 Å². The zero-order chi connectivity index (χ0) is 18.9. The van der Waals surface area contributed by atoms with Gasteiger partial charge in [-0.05, 0) is 41.3 Å². The molecule has 2 aromatic carbocycles. The SMILES string of the molecule is CC(C)(C)c1ccc(N2C[C@H](C(=O)Nc3cccc(Cl)c3)CC2=O)cc1. The van der Waals surface area contributed by atoms with E-state index in [2.05, 4.69) is 26.1 Å². The van der Waals surface area contributed by atoms with E-state index in [0.717, 1.165) is 5.69 Å². The Bertz CT molecular complexity index is 825. The summed E-state index contributed by atoms with van der Waals surface area (Å²) in [6, 6.07) is 15.0. The molecular weight excluding hydrogens is 348 g/mol. The third-order valence-electron chi connectivity index (χ3n) is 4.63. The lowest BCUT2D eigenvalue weighted by Crippen LogP contribution is -2.28. The Balaban J connectivity index is 1.69. The third kappa shape index (κ3) is 4.07. The summed E-state index contributed by atoms with van der Waals surface area (Å²) in [5.74, 6) is -0.557. The summed E-state index contributed by atoms with van der Waals surface area (Å²) in [7, 11) is 0. The maximum Gasteiger partial charge on any atom is 0.229 e. The standard InChI is InChI=1S/C21H23ClN2O2/c1-21(2,3)15-7-9-18(10-8-15)24-13-14(11-19(24)25)20(26)23-17-6-4-5-16(22)12-17/h4-10,12,14H,11,13H2,1-3H3,(H,23,26)/t14-/m1/s1. The van der Waals surface area contributed by atoms with Gasteiger partial charge in [0.2, 0.25) is 11.8 Å². The fraction of sp³-hybridized carbons (Fsp3) is 0.333. The second-order valence-electron chi connectivity index (χ2n) is 7.70. The van der Waals surface area contributed by atoms with Crippen molar-refractivity contribution in [3.8, 4) is 0 Å². The second-order valence-corrected chi connectivity index (χ2v) is 8.14. The van der Waals surface area contributed by atoms with Gasteiger partial charge in [0.15, 0.2) is 0 Å². The van der Waals surface area contributed by atoms with Crippen molar-refractivity contribution in [2.45, 2.75) is 32.6 Å². The van der Waals surface area contributed by atoms with Gasteiger partial charge in [-0.25, -0.2) is 0 Å². The fourth-order valence-electron chi connectivity index (χ4n) is 3.08. The van der Waals surface area contributed by atoms with Crippen LogP contribution in [0.2, 0.25) is 5.02 Å². The molecule has 1 aliphatic heterocycles. The highest BCUT2D eigenvalue weighted by Gasteiger charge is 2.35. The topological polar surface area (TPSA) is 49.4 Å². The van der Waals surface area contributed by atoms with Crippen molar-refractivity contribution >= 4 is 34.8 Å². The molecule has 1 aliphatic rings. The second kappa shape index (κ2) is 7.12. The van der Waals surface area contributed by atoms with Crippen LogP contribution in [0.5, 0.6) is 0 Å². The van der Waals surface area contributed by atoms with Crippen LogP contribution >= 0.6 is 11.6 Å². The minimum absolute atomic E-state index is 0.0280. The van der Waals surface area contributed by atoms with Crippen LogP contribution in [0.4, 0.5) is 11.4 Å². The predicted octanol–water partition coefficient (Wildman–Crippen LogP) is 4.63. The van der Waals surface area contributed by atoms with Crippen LogP contribution in [0.3, 0.4) is 0 Å². The van der Waals surface area contributed by atoms with Crippen LogP contribution in [0.1, 0.15) is 32.8 Å². The molecule has 136 valence electrons. The first-order valence-electron chi connectivity index (χ1n) is 8.71. The number of hydrogen-bond acceptors (Lipinski definition) is 2. The third-order valence-corrected chi connectivity index (χ3v) is 4.87. The monoisotopic (exact) mass is 370 g/mol. The highest BCUT2D eigenvalue weighted by atomic mass is 35.5. The number of carbonyl (C=O) groups excluding carboxylic acids is 2. The number of nitrogens with zero attached hydrogens (tertiary/aromatic N) is 1. The van der Waals surface area contributed by atoms with Crippen molar-refractivity contribution in [3.05, 3.63) is 59.1 Å². The Kier molecular flexibility index (Phi) is 5.05. The lowest BCUT2D eigenvalue weighted by Gasteiger charge is -2.21. The molecule has 0 aromatic heterocycles. The maximum atomic E-state index is 12.5. The van der Waals surface area contributed by atoms with Crippen LogP contribution in [0, 0.1) is 5.92 Å². The summed E-state index contributed by atoms with van der Waals surface area (Å²) in [5.41, 5.74) is 2.75. The molecule has 4 nitrogen and oxygen atoms in total. The Morgan fingerprint density at radius 3 is 2.46 bits per heavy atom. The molecule has 1 N–H and O–H groups in total. The molecule has 0 saturated carbocycles. The number of benzene rings is 2. The van der Waals surface area contributed by atoms with Gasteiger partial charge >= 0.3 is 0 Å². The number of anilines is 2. The number of rotatable bonds is 3. The highest BCUT2D eigenvalue weighted by molar-refractivity contribution is 6.30. The minimum atomic E-state index is -0.372. The van der Waals surface area contributed by atoms with Crippen LogP contribution < -0.4 is 10.2 Å². The van der Waals surface area contributed by atoms with E-state index < -0.39 is 0 Å². The maximum absolute atomic E-state index is 12.5. The van der Waals surface area contributed by atoms with Gasteiger partial charge in [0.1, 0.15) is 0 Å². The molecule has 0 aliphatic carbocycles. The molecule has 2 amide bonds. The fourth-order valence-corrected chi connectivity index (χ4v) is 3.27. The molecule has 0 spiro atoms. The first-order chi connectivity index (χ1) is 12.2. The first-order valence-corrected chi connectivity index (χ1v) is 9.09. The van der Waals surface area contributed by atoms with Gasteiger partial charge in [-0.2, -0.15) is 0 Å². The number of halogens is 1. The largest absolute Gasteiger partial charge is 0.326 e. The van der Waals surface area contributed by atoms with Crippen LogP contribution in [-0.2, 0) is 15.0 Å². The molecule has 1 saturated heterocycles. The Morgan fingerprint density at radius 1 is 1.15 bits per heavy atom. The molecule has 2 aromatic rings. The van der Waals surface area contributed by atoms with E-state index in [1.54, 1.807) is 29.2 Å². The van der Waals surface area contributed by atoms with Crippen LogP contribution in [0.25, 0.3) is 0 Å². The first kappa shape index (κ1) is 18.5. The van der Waals surface area contributed by atoms with Crippen molar-refractivity contribution in [1.82, 2.24) is 0 Å². The van der Waals surface area contributed by atoms with Crippen molar-refractivity contribution in [3.63, 3.8) is 0 Å². The molecule has 26 heavy (non-hydrogen) atoms. The van der Waals surface area contributed by atoms with Crippen molar-refractivity contribution < 1.29 is 9.59 Å². The number of nitrogens with one attached hydrogen (secondary N) is 1.